The molecular weight excluding hydrogens is 311 g/mol. The minimum absolute atomic E-state index is 0.0833. The highest BCUT2D eigenvalue weighted by atomic mass is 19.1. The van der Waals surface area contributed by atoms with Crippen molar-refractivity contribution in [3.8, 4) is 5.75 Å². The van der Waals surface area contributed by atoms with E-state index in [1.165, 1.54) is 19.1 Å². The second-order valence-corrected chi connectivity index (χ2v) is 6.93. The van der Waals surface area contributed by atoms with Crippen molar-refractivity contribution >= 4 is 5.91 Å². The third-order valence-corrected chi connectivity index (χ3v) is 5.10. The number of aliphatic hydroxyl groups excluding tert-OH is 1. The maximum absolute atomic E-state index is 12.9. The van der Waals surface area contributed by atoms with Crippen molar-refractivity contribution in [3.05, 3.63) is 30.1 Å². The number of nitrogens with zero attached hydrogens (tertiary/aromatic N) is 1. The standard InChI is InChI=1S/C18H25FN2O3/c1-12(22)20-17-8-13-10-21(11-14(13)9-18(17)23)6-7-24-16-4-2-15(19)3-5-16/h2-5,13-14,17-18,23H,6-11H2,1H3,(H,20,22)/t13-,14+,17-,18-/m1/s1. The van der Waals surface area contributed by atoms with Crippen LogP contribution in [0.25, 0.3) is 0 Å². The zero-order valence-corrected chi connectivity index (χ0v) is 14.0. The van der Waals surface area contributed by atoms with Gasteiger partial charge in [0.1, 0.15) is 18.2 Å². The Balaban J connectivity index is 1.45. The molecule has 1 aliphatic heterocycles. The Hall–Kier alpha value is -1.66. The summed E-state index contributed by atoms with van der Waals surface area (Å²) in [4.78, 5) is 13.6. The van der Waals surface area contributed by atoms with E-state index in [2.05, 4.69) is 10.2 Å². The highest BCUT2D eigenvalue weighted by molar-refractivity contribution is 5.73. The highest BCUT2D eigenvalue weighted by Crippen LogP contribution is 2.36. The van der Waals surface area contributed by atoms with E-state index in [1.54, 1.807) is 12.1 Å². The average molecular weight is 336 g/mol. The first-order valence-electron chi connectivity index (χ1n) is 8.57. The van der Waals surface area contributed by atoms with E-state index in [0.717, 1.165) is 32.5 Å². The average Bonchev–Trinajstić information content (AvgIpc) is 2.90. The van der Waals surface area contributed by atoms with Crippen molar-refractivity contribution in [3.63, 3.8) is 0 Å². The van der Waals surface area contributed by atoms with Gasteiger partial charge in [0, 0.05) is 26.6 Å². The number of hydrogen-bond donors (Lipinski definition) is 2. The molecule has 0 unspecified atom stereocenters. The van der Waals surface area contributed by atoms with Gasteiger partial charge in [0.15, 0.2) is 0 Å². The fraction of sp³-hybridized carbons (Fsp3) is 0.611. The smallest absolute Gasteiger partial charge is 0.217 e. The minimum Gasteiger partial charge on any atom is -0.492 e. The number of likely N-dealkylation sites (tertiary alicyclic amines) is 1. The summed E-state index contributed by atoms with van der Waals surface area (Å²) >= 11 is 0. The number of rotatable bonds is 5. The lowest BCUT2D eigenvalue weighted by molar-refractivity contribution is -0.121. The maximum Gasteiger partial charge on any atom is 0.217 e. The molecular formula is C18H25FN2O3. The van der Waals surface area contributed by atoms with Crippen molar-refractivity contribution in [2.75, 3.05) is 26.2 Å². The van der Waals surface area contributed by atoms with Gasteiger partial charge in [0.2, 0.25) is 5.91 Å². The summed E-state index contributed by atoms with van der Waals surface area (Å²) in [6.07, 6.45) is 1.12. The molecule has 2 aliphatic rings. The van der Waals surface area contributed by atoms with Gasteiger partial charge in [-0.2, -0.15) is 0 Å². The fourth-order valence-corrected chi connectivity index (χ4v) is 3.95. The topological polar surface area (TPSA) is 61.8 Å². The highest BCUT2D eigenvalue weighted by Gasteiger charge is 2.41. The van der Waals surface area contributed by atoms with Crippen LogP contribution in [0.2, 0.25) is 0 Å². The van der Waals surface area contributed by atoms with Crippen LogP contribution in [-0.4, -0.2) is 54.3 Å². The molecule has 2 fully saturated rings. The van der Waals surface area contributed by atoms with Crippen LogP contribution in [0.3, 0.4) is 0 Å². The molecule has 0 spiro atoms. The normalized spacial score (nSPS) is 30.0. The molecule has 1 aliphatic carbocycles. The van der Waals surface area contributed by atoms with E-state index in [1.807, 2.05) is 0 Å². The van der Waals surface area contributed by atoms with Gasteiger partial charge in [0.25, 0.3) is 0 Å². The number of aliphatic hydroxyl groups is 1. The molecule has 1 saturated heterocycles. The zero-order valence-electron chi connectivity index (χ0n) is 14.0. The van der Waals surface area contributed by atoms with Gasteiger partial charge >= 0.3 is 0 Å². The van der Waals surface area contributed by atoms with Crippen molar-refractivity contribution in [2.24, 2.45) is 11.8 Å². The zero-order chi connectivity index (χ0) is 17.1. The van der Waals surface area contributed by atoms with Crippen LogP contribution < -0.4 is 10.1 Å². The molecule has 1 amide bonds. The monoisotopic (exact) mass is 336 g/mol. The summed E-state index contributed by atoms with van der Waals surface area (Å²) in [5, 5.41) is 13.1. The molecule has 0 radical (unpaired) electrons. The molecule has 6 heteroatoms. The first kappa shape index (κ1) is 17.2. The minimum atomic E-state index is -0.453. The molecule has 5 nitrogen and oxygen atoms in total. The lowest BCUT2D eigenvalue weighted by Gasteiger charge is -2.35. The number of fused-ring (bicyclic) bond motifs is 1. The summed E-state index contributed by atoms with van der Waals surface area (Å²) in [7, 11) is 0. The van der Waals surface area contributed by atoms with Crippen LogP contribution in [-0.2, 0) is 4.79 Å². The molecule has 0 aromatic heterocycles. The van der Waals surface area contributed by atoms with Crippen LogP contribution in [0.5, 0.6) is 5.75 Å². The van der Waals surface area contributed by atoms with Gasteiger partial charge in [-0.3, -0.25) is 9.69 Å². The van der Waals surface area contributed by atoms with Gasteiger partial charge in [-0.25, -0.2) is 4.39 Å². The van der Waals surface area contributed by atoms with Gasteiger partial charge in [-0.1, -0.05) is 0 Å². The quantitative estimate of drug-likeness (QED) is 0.854. The van der Waals surface area contributed by atoms with E-state index in [-0.39, 0.29) is 17.8 Å². The third kappa shape index (κ3) is 4.24. The number of carbonyl (C=O) groups is 1. The second-order valence-electron chi connectivity index (χ2n) is 6.93. The molecule has 1 aromatic carbocycles. The Morgan fingerprint density at radius 2 is 1.96 bits per heavy atom. The summed E-state index contributed by atoms with van der Waals surface area (Å²) in [6.45, 7) is 4.79. The predicted octanol–water partition coefficient (Wildman–Crippen LogP) is 1.41. The van der Waals surface area contributed by atoms with Gasteiger partial charge in [0.05, 0.1) is 12.1 Å². The molecule has 1 heterocycles. The molecule has 4 atom stereocenters. The Labute approximate surface area is 141 Å². The van der Waals surface area contributed by atoms with Crippen molar-refractivity contribution < 1.29 is 19.0 Å². The van der Waals surface area contributed by atoms with Crippen molar-refractivity contribution in [1.82, 2.24) is 10.2 Å². The van der Waals surface area contributed by atoms with E-state index in [9.17, 15) is 14.3 Å². The summed E-state index contributed by atoms with van der Waals surface area (Å²) in [5.41, 5.74) is 0. The molecule has 3 rings (SSSR count). The van der Waals surface area contributed by atoms with Crippen molar-refractivity contribution in [1.29, 1.82) is 0 Å². The SMILES string of the molecule is CC(=O)N[C@@H]1C[C@@H]2CN(CCOc3ccc(F)cc3)C[C@@H]2C[C@H]1O. The first-order chi connectivity index (χ1) is 11.5. The van der Waals surface area contributed by atoms with E-state index in [0.29, 0.717) is 24.2 Å². The van der Waals surface area contributed by atoms with E-state index in [4.69, 9.17) is 4.74 Å². The summed E-state index contributed by atoms with van der Waals surface area (Å²) < 4.78 is 18.5. The molecule has 1 aromatic rings. The largest absolute Gasteiger partial charge is 0.492 e. The number of carbonyl (C=O) groups excluding carboxylic acids is 1. The van der Waals surface area contributed by atoms with Gasteiger partial charge < -0.3 is 15.2 Å². The molecule has 1 saturated carbocycles. The number of nitrogens with one attached hydrogen (secondary N) is 1. The Bertz CT molecular complexity index is 566. The molecule has 132 valence electrons. The van der Waals surface area contributed by atoms with Crippen LogP contribution in [0, 0.1) is 17.7 Å². The van der Waals surface area contributed by atoms with Crippen LogP contribution in [0.4, 0.5) is 4.39 Å². The summed E-state index contributed by atoms with van der Waals surface area (Å²) in [5.74, 6) is 1.32. The Kier molecular flexibility index (Phi) is 5.36. The van der Waals surface area contributed by atoms with Gasteiger partial charge in [-0.15, -0.1) is 0 Å². The predicted molar refractivity (Wildman–Crippen MR) is 88.2 cm³/mol. The number of halogens is 1. The second kappa shape index (κ2) is 7.49. The summed E-state index contributed by atoms with van der Waals surface area (Å²) in [6, 6.07) is 5.92. The third-order valence-electron chi connectivity index (χ3n) is 5.10. The van der Waals surface area contributed by atoms with Crippen LogP contribution in [0.15, 0.2) is 24.3 Å². The molecule has 0 bridgehead atoms. The van der Waals surface area contributed by atoms with Gasteiger partial charge in [-0.05, 0) is 48.9 Å². The van der Waals surface area contributed by atoms with Crippen molar-refractivity contribution in [2.45, 2.75) is 31.9 Å². The number of benzene rings is 1. The lowest BCUT2D eigenvalue weighted by atomic mass is 9.77. The Morgan fingerprint density at radius 3 is 2.62 bits per heavy atom. The molecule has 2 N–H and O–H groups in total. The number of hydrogen-bond acceptors (Lipinski definition) is 4. The van der Waals surface area contributed by atoms with Crippen LogP contribution in [0.1, 0.15) is 19.8 Å². The number of ether oxygens (including phenoxy) is 1. The first-order valence-corrected chi connectivity index (χ1v) is 8.57. The van der Waals surface area contributed by atoms with E-state index < -0.39 is 6.10 Å². The number of amides is 1. The maximum atomic E-state index is 12.9. The van der Waals surface area contributed by atoms with Crippen LogP contribution >= 0.6 is 0 Å². The lowest BCUT2D eigenvalue weighted by Crippen LogP contribution is -2.48. The van der Waals surface area contributed by atoms with E-state index >= 15 is 0 Å². The molecule has 24 heavy (non-hydrogen) atoms. The Morgan fingerprint density at radius 1 is 1.29 bits per heavy atom. The fourth-order valence-electron chi connectivity index (χ4n) is 3.95.